The van der Waals surface area contributed by atoms with Crippen molar-refractivity contribution in [2.45, 2.75) is 68.3 Å². The van der Waals surface area contributed by atoms with Crippen molar-refractivity contribution in [3.8, 4) is 51.6 Å². The molecule has 0 saturated carbocycles. The zero-order valence-electron chi connectivity index (χ0n) is 28.4. The fraction of sp³-hybridized carbons (Fsp3) is 0.333. The Morgan fingerprint density at radius 2 is 1.42 bits per heavy atom. The van der Waals surface area contributed by atoms with E-state index in [4.69, 9.17) is 28.1 Å². The van der Waals surface area contributed by atoms with Crippen molar-refractivity contribution in [3.63, 3.8) is 0 Å². The number of hydrogen-bond donors (Lipinski definition) is 11. The number of aromatic hydroxyl groups is 6. The highest BCUT2D eigenvalue weighted by Gasteiger charge is 2.49. The van der Waals surface area contributed by atoms with Gasteiger partial charge in [-0.1, -0.05) is 6.07 Å². The van der Waals surface area contributed by atoms with Gasteiger partial charge in [0.05, 0.1) is 12.7 Å². The summed E-state index contributed by atoms with van der Waals surface area (Å²) in [5, 5.41) is 113. The number of phenolic OH excluding ortho intramolecular Hbond substituents is 6. The first-order valence-electron chi connectivity index (χ1n) is 16.5. The number of benzene rings is 3. The summed E-state index contributed by atoms with van der Waals surface area (Å²) in [6.45, 7) is 0.713. The quantitative estimate of drug-likeness (QED) is 0.0605. The standard InChI is InChI=1S/C36H36O19/c1-13-32(54-24(43)7-3-14-2-5-17(38)19(40)8-14)29(47)31(49)35(51-13)50-12-23-26(44)28(46)30(48)36(53-23)55-34-27(45)25-21(42)10-16(37)11-22(25)52-33(34)15-4-6-18(39)20(41)9-15/h2-11,13,23,26,28-32,35-42,44,46-49H,12H2,1H3/b7-3+/t13-,23+,26-,28-,29-,30+,31+,32-,35+,36-/m0/s1. The summed E-state index contributed by atoms with van der Waals surface area (Å²) in [5.41, 5.74) is -1.11. The molecule has 0 aliphatic carbocycles. The Morgan fingerprint density at radius 3 is 2.11 bits per heavy atom. The highest BCUT2D eigenvalue weighted by Crippen LogP contribution is 2.39. The largest absolute Gasteiger partial charge is 0.508 e. The molecule has 10 atom stereocenters. The van der Waals surface area contributed by atoms with Crippen LogP contribution in [0.25, 0.3) is 28.4 Å². The molecular weight excluding hydrogens is 736 g/mol. The topological polar surface area (TPSA) is 316 Å². The van der Waals surface area contributed by atoms with Gasteiger partial charge in [-0.25, -0.2) is 4.79 Å². The van der Waals surface area contributed by atoms with E-state index in [9.17, 15) is 65.8 Å². The van der Waals surface area contributed by atoms with Crippen LogP contribution < -0.4 is 10.2 Å². The number of phenols is 6. The van der Waals surface area contributed by atoms with Crippen molar-refractivity contribution in [1.82, 2.24) is 0 Å². The first-order valence-corrected chi connectivity index (χ1v) is 16.5. The SMILES string of the molecule is C[C@@H]1O[C@@H](OC[C@H]2O[C@@H](Oc3c(-c4ccc(O)c(O)c4)oc4cc(O)cc(O)c4c3=O)[C@H](O)[C@@H](O)[C@H]2O)[C@H](O)[C@H](O)[C@H]1OC(=O)/C=C/c1ccc(O)c(O)c1. The third-order valence-corrected chi connectivity index (χ3v) is 8.92. The lowest BCUT2D eigenvalue weighted by Crippen LogP contribution is -2.62. The number of ether oxygens (including phenoxy) is 5. The fourth-order valence-electron chi connectivity index (χ4n) is 5.98. The van der Waals surface area contributed by atoms with Crippen molar-refractivity contribution < 1.29 is 89.1 Å². The molecule has 1 aromatic heterocycles. The Labute approximate surface area is 308 Å². The van der Waals surface area contributed by atoms with E-state index < -0.39 is 125 Å². The van der Waals surface area contributed by atoms with E-state index >= 15 is 0 Å². The molecule has 2 saturated heterocycles. The van der Waals surface area contributed by atoms with Crippen LogP contribution >= 0.6 is 0 Å². The van der Waals surface area contributed by atoms with Crippen molar-refractivity contribution in [3.05, 3.63) is 70.4 Å². The van der Waals surface area contributed by atoms with E-state index in [2.05, 4.69) is 0 Å². The molecule has 294 valence electrons. The minimum absolute atomic E-state index is 0.0633. The molecule has 2 fully saturated rings. The molecule has 0 bridgehead atoms. The van der Waals surface area contributed by atoms with E-state index in [0.717, 1.165) is 30.3 Å². The first kappa shape index (κ1) is 39.1. The summed E-state index contributed by atoms with van der Waals surface area (Å²) in [7, 11) is 0. The average Bonchev–Trinajstić information content (AvgIpc) is 3.13. The molecule has 2 aliphatic heterocycles. The Morgan fingerprint density at radius 1 is 0.745 bits per heavy atom. The summed E-state index contributed by atoms with van der Waals surface area (Å²) >= 11 is 0. The number of fused-ring (bicyclic) bond motifs is 1. The van der Waals surface area contributed by atoms with Crippen LogP contribution in [0.3, 0.4) is 0 Å². The predicted octanol–water partition coefficient (Wildman–Crippen LogP) is -0.0116. The maximum Gasteiger partial charge on any atom is 0.331 e. The number of hydrogen-bond acceptors (Lipinski definition) is 19. The van der Waals surface area contributed by atoms with Gasteiger partial charge in [0.2, 0.25) is 17.5 Å². The van der Waals surface area contributed by atoms with Crippen LogP contribution in [0.5, 0.6) is 40.2 Å². The van der Waals surface area contributed by atoms with Crippen molar-refractivity contribution >= 4 is 23.0 Å². The molecule has 0 unspecified atom stereocenters. The van der Waals surface area contributed by atoms with E-state index in [-0.39, 0.29) is 16.9 Å². The third-order valence-electron chi connectivity index (χ3n) is 8.92. The fourth-order valence-corrected chi connectivity index (χ4v) is 5.98. The Hall–Kier alpha value is -5.64. The summed E-state index contributed by atoms with van der Waals surface area (Å²) in [6, 6.07) is 8.95. The monoisotopic (exact) mass is 772 g/mol. The Kier molecular flexibility index (Phi) is 11.1. The molecule has 19 heteroatoms. The summed E-state index contributed by atoms with van der Waals surface area (Å²) in [5.74, 6) is -5.24. The number of esters is 1. The lowest BCUT2D eigenvalue weighted by Gasteiger charge is -2.43. The zero-order chi connectivity index (χ0) is 39.9. The van der Waals surface area contributed by atoms with Gasteiger partial charge in [-0.05, 0) is 48.9 Å². The van der Waals surface area contributed by atoms with E-state index in [0.29, 0.717) is 5.56 Å². The van der Waals surface area contributed by atoms with Gasteiger partial charge in [0, 0.05) is 23.8 Å². The van der Waals surface area contributed by atoms with Gasteiger partial charge < -0.3 is 84.3 Å². The van der Waals surface area contributed by atoms with Crippen LogP contribution in [0.1, 0.15) is 12.5 Å². The van der Waals surface area contributed by atoms with E-state index in [1.54, 1.807) is 0 Å². The molecule has 11 N–H and O–H groups in total. The molecule has 2 aliphatic rings. The number of aliphatic hydroxyl groups excluding tert-OH is 5. The van der Waals surface area contributed by atoms with Gasteiger partial charge in [0.25, 0.3) is 0 Å². The molecule has 0 radical (unpaired) electrons. The maximum absolute atomic E-state index is 13.7. The molecular formula is C36H36O19. The van der Waals surface area contributed by atoms with Gasteiger partial charge in [0.1, 0.15) is 59.1 Å². The van der Waals surface area contributed by atoms with Crippen LogP contribution in [0, 0.1) is 0 Å². The maximum atomic E-state index is 13.7. The van der Waals surface area contributed by atoms with Crippen LogP contribution in [0.2, 0.25) is 0 Å². The zero-order valence-corrected chi connectivity index (χ0v) is 28.4. The predicted molar refractivity (Wildman–Crippen MR) is 183 cm³/mol. The van der Waals surface area contributed by atoms with Gasteiger partial charge >= 0.3 is 5.97 Å². The van der Waals surface area contributed by atoms with Crippen molar-refractivity contribution in [2.24, 2.45) is 0 Å². The molecule has 6 rings (SSSR count). The van der Waals surface area contributed by atoms with Crippen LogP contribution in [0.4, 0.5) is 0 Å². The molecule has 3 heterocycles. The van der Waals surface area contributed by atoms with Crippen LogP contribution in [-0.2, 0) is 23.7 Å². The molecule has 55 heavy (non-hydrogen) atoms. The molecule has 3 aromatic carbocycles. The van der Waals surface area contributed by atoms with Gasteiger partial charge in [-0.15, -0.1) is 0 Å². The average molecular weight is 773 g/mol. The number of carbonyl (C=O) groups excluding carboxylic acids is 1. The number of carbonyl (C=O) groups is 1. The molecule has 19 nitrogen and oxygen atoms in total. The summed E-state index contributed by atoms with van der Waals surface area (Å²) in [4.78, 5) is 26.2. The lowest BCUT2D eigenvalue weighted by atomic mass is 9.98. The van der Waals surface area contributed by atoms with Crippen LogP contribution in [0.15, 0.2) is 63.8 Å². The Balaban J connectivity index is 1.17. The van der Waals surface area contributed by atoms with Crippen molar-refractivity contribution in [1.29, 1.82) is 0 Å². The molecule has 0 spiro atoms. The number of rotatable bonds is 9. The second kappa shape index (κ2) is 15.6. The second-order valence-corrected chi connectivity index (χ2v) is 12.8. The summed E-state index contributed by atoms with van der Waals surface area (Å²) < 4.78 is 33.6. The van der Waals surface area contributed by atoms with E-state index in [1.165, 1.54) is 37.3 Å². The van der Waals surface area contributed by atoms with Gasteiger partial charge in [-0.2, -0.15) is 0 Å². The van der Waals surface area contributed by atoms with Crippen molar-refractivity contribution in [2.75, 3.05) is 6.61 Å². The lowest BCUT2D eigenvalue weighted by molar-refractivity contribution is -0.319. The summed E-state index contributed by atoms with van der Waals surface area (Å²) in [6.07, 6.45) is -14.8. The Bertz CT molecular complexity index is 2150. The molecule has 0 amide bonds. The minimum Gasteiger partial charge on any atom is -0.508 e. The minimum atomic E-state index is -2.03. The first-order chi connectivity index (χ1) is 26.0. The second-order valence-electron chi connectivity index (χ2n) is 12.8. The van der Waals surface area contributed by atoms with Gasteiger partial charge in [0.15, 0.2) is 41.2 Å². The van der Waals surface area contributed by atoms with Gasteiger partial charge in [-0.3, -0.25) is 4.79 Å². The normalized spacial score (nSPS) is 28.3. The smallest absolute Gasteiger partial charge is 0.331 e. The highest BCUT2D eigenvalue weighted by atomic mass is 16.7. The molecule has 4 aromatic rings. The number of aliphatic hydroxyl groups is 5. The third kappa shape index (κ3) is 7.95. The van der Waals surface area contributed by atoms with E-state index in [1.807, 2.05) is 0 Å². The highest BCUT2D eigenvalue weighted by molar-refractivity contribution is 5.89. The van der Waals surface area contributed by atoms with Crippen LogP contribution in [-0.4, -0.2) is 130 Å².